The SMILES string of the molecule is CCc1ccccc1C(ON)c1cc2ccc3c4ccccc4[nH]c3c2c(N=Nc2ccc(N(c3ccc(N=Nc4c(O)c(C(ON)c5ccccc5CC)cc5ccc6c7ccccc7[nH]c6c45)cc3)c3ccc(N=Nc4c(O)c(C(ON)c5ccccc5CC)cc5ccc6c7ccccc7[nH]c6c45)cc3)cc2)c1O. The second-order valence-electron chi connectivity index (χ2n) is 27.9. The first kappa shape index (κ1) is 69.9. The van der Waals surface area contributed by atoms with Gasteiger partial charge in [-0.25, -0.2) is 17.7 Å². The number of aryl methyl sites for hydroxylation is 3. The lowest BCUT2D eigenvalue weighted by Crippen LogP contribution is -2.13. The van der Waals surface area contributed by atoms with Crippen LogP contribution in [0.4, 0.5) is 51.2 Å². The highest BCUT2D eigenvalue weighted by Crippen LogP contribution is 2.52. The highest BCUT2D eigenvalue weighted by molar-refractivity contribution is 6.23. The van der Waals surface area contributed by atoms with Crippen molar-refractivity contribution in [3.63, 3.8) is 0 Å². The van der Waals surface area contributed by atoms with Crippen molar-refractivity contribution in [2.45, 2.75) is 58.3 Å². The van der Waals surface area contributed by atoms with Crippen LogP contribution >= 0.6 is 0 Å². The summed E-state index contributed by atoms with van der Waals surface area (Å²) in [5.74, 6) is 18.2. The fourth-order valence-corrected chi connectivity index (χ4v) is 16.3. The van der Waals surface area contributed by atoms with E-state index in [-0.39, 0.29) is 34.3 Å². The van der Waals surface area contributed by atoms with Crippen molar-refractivity contribution in [1.82, 2.24) is 15.0 Å². The van der Waals surface area contributed by atoms with E-state index in [1.165, 1.54) is 0 Å². The number of nitrogens with zero attached hydrogens (tertiary/aromatic N) is 7. The van der Waals surface area contributed by atoms with Crippen molar-refractivity contribution < 1.29 is 29.8 Å². The summed E-state index contributed by atoms with van der Waals surface area (Å²) in [6, 6.07) is 88.9. The minimum atomic E-state index is -0.836. The van der Waals surface area contributed by atoms with Crippen molar-refractivity contribution in [2.24, 2.45) is 48.4 Å². The van der Waals surface area contributed by atoms with Gasteiger partial charge in [0.1, 0.15) is 52.6 Å². The standard InChI is InChI=1S/C93H75N13O6/c1-4-52-19-7-10-22-64(52)91(110-94)73-49-55-31-46-70-67-25-13-16-28-76(67)97-82(70)79(55)85(88(73)107)103-100-58-34-40-61(41-35-58)106(62-42-36-59(37-43-62)101-104-86-80-56(32-47-71-68-26-14-17-29-77(68)98-83(71)80)50-74(89(86)108)92(111-95)65-23-11-8-20-53(65)5-2)63-44-38-60(39-45-63)102-105-87-81-57(33-48-72-69-27-15-18-30-78(69)99-84(72)81)51-75(90(87)109)93(112-96)66-24-12-9-21-54(66)6-3/h7-51,91-93,97-99,107-109H,4-6,94-96H2,1-3H3. The number of rotatable bonds is 21. The second kappa shape index (κ2) is 29.3. The molecule has 0 amide bonds. The summed E-state index contributed by atoms with van der Waals surface area (Å²) < 4.78 is 0. The minimum Gasteiger partial charge on any atom is -0.505 e. The summed E-state index contributed by atoms with van der Waals surface area (Å²) in [5.41, 5.74) is 16.4. The smallest absolute Gasteiger partial charge is 0.150 e. The van der Waals surface area contributed by atoms with Crippen LogP contribution in [0.5, 0.6) is 17.2 Å². The molecule has 0 aliphatic carbocycles. The van der Waals surface area contributed by atoms with E-state index in [1.807, 2.05) is 237 Å². The number of hydrogen-bond acceptors (Lipinski definition) is 16. The molecule has 112 heavy (non-hydrogen) atoms. The first-order chi connectivity index (χ1) is 55.0. The Kier molecular flexibility index (Phi) is 18.3. The van der Waals surface area contributed by atoms with Crippen LogP contribution in [-0.4, -0.2) is 30.3 Å². The number of phenols is 3. The summed E-state index contributed by atoms with van der Waals surface area (Å²) in [5, 5.41) is 77.8. The van der Waals surface area contributed by atoms with Gasteiger partial charge in [-0.2, -0.15) is 15.3 Å². The molecule has 3 heterocycles. The molecule has 0 bridgehead atoms. The van der Waals surface area contributed by atoms with Crippen LogP contribution in [0.2, 0.25) is 0 Å². The highest BCUT2D eigenvalue weighted by Gasteiger charge is 2.30. The molecule has 0 aliphatic rings. The zero-order chi connectivity index (χ0) is 76.3. The first-order valence-corrected chi connectivity index (χ1v) is 37.3. The maximum absolute atomic E-state index is 12.7. The summed E-state index contributed by atoms with van der Waals surface area (Å²) in [4.78, 5) is 30.3. The third-order valence-electron chi connectivity index (χ3n) is 21.8. The Morgan fingerprint density at radius 1 is 0.304 bits per heavy atom. The molecule has 0 saturated carbocycles. The molecule has 18 aromatic rings. The molecule has 0 spiro atoms. The van der Waals surface area contributed by atoms with Crippen molar-refractivity contribution in [2.75, 3.05) is 4.90 Å². The normalized spacial score (nSPS) is 13.0. The van der Waals surface area contributed by atoms with Crippen molar-refractivity contribution >= 4 is 149 Å². The number of aromatic hydroxyl groups is 3. The maximum atomic E-state index is 12.7. The zero-order valence-corrected chi connectivity index (χ0v) is 61.3. The Morgan fingerprint density at radius 3 is 0.848 bits per heavy atom. The van der Waals surface area contributed by atoms with Crippen LogP contribution in [0.15, 0.2) is 304 Å². The first-order valence-electron chi connectivity index (χ1n) is 37.3. The Hall–Kier alpha value is -13.8. The number of hydrogen-bond donors (Lipinski definition) is 9. The summed E-state index contributed by atoms with van der Waals surface area (Å²) in [6.07, 6.45) is -0.363. The molecule has 548 valence electrons. The van der Waals surface area contributed by atoms with E-state index >= 15 is 0 Å². The van der Waals surface area contributed by atoms with E-state index in [4.69, 9.17) is 62.9 Å². The molecule has 0 aliphatic heterocycles. The zero-order valence-electron chi connectivity index (χ0n) is 61.3. The van der Waals surface area contributed by atoms with Gasteiger partial charge in [0, 0.05) is 98.8 Å². The molecule has 3 aromatic heterocycles. The number of fused-ring (bicyclic) bond motifs is 15. The lowest BCUT2D eigenvalue weighted by molar-refractivity contribution is 0.0791. The topological polar surface area (TPSA) is 291 Å². The molecule has 19 heteroatoms. The van der Waals surface area contributed by atoms with Gasteiger partial charge in [0.05, 0.1) is 33.6 Å². The van der Waals surface area contributed by atoms with Crippen LogP contribution in [0.3, 0.4) is 0 Å². The molecule has 18 rings (SSSR count). The largest absolute Gasteiger partial charge is 0.505 e. The third kappa shape index (κ3) is 12.1. The average Bonchev–Trinajstić information content (AvgIpc) is 1.64. The van der Waals surface area contributed by atoms with Gasteiger partial charge >= 0.3 is 0 Å². The van der Waals surface area contributed by atoms with Gasteiger partial charge in [0.25, 0.3) is 0 Å². The number of H-pyrrole nitrogens is 3. The van der Waals surface area contributed by atoms with Gasteiger partial charge in [-0.3, -0.25) is 14.5 Å². The Morgan fingerprint density at radius 2 is 0.571 bits per heavy atom. The minimum absolute atomic E-state index is 0.125. The van der Waals surface area contributed by atoms with Crippen LogP contribution in [0, 0.1) is 0 Å². The number of aromatic nitrogens is 3. The monoisotopic (exact) mass is 1470 g/mol. The van der Waals surface area contributed by atoms with E-state index in [0.29, 0.717) is 69.2 Å². The number of para-hydroxylation sites is 3. The number of nitrogens with two attached hydrogens (primary N) is 3. The molecule has 19 nitrogen and oxygen atoms in total. The van der Waals surface area contributed by atoms with Gasteiger partial charge in [-0.05, 0) is 178 Å². The molecule has 0 fully saturated rings. The summed E-state index contributed by atoms with van der Waals surface area (Å²) in [6.45, 7) is 6.21. The quantitative estimate of drug-likeness (QED) is 0.0242. The molecule has 3 atom stereocenters. The molecule has 12 N–H and O–H groups in total. The van der Waals surface area contributed by atoms with Gasteiger partial charge < -0.3 is 35.2 Å². The third-order valence-corrected chi connectivity index (χ3v) is 21.8. The molecular formula is C93H75N13O6. The highest BCUT2D eigenvalue weighted by atomic mass is 16.6. The predicted octanol–water partition coefficient (Wildman–Crippen LogP) is 24.5. The van der Waals surface area contributed by atoms with E-state index in [9.17, 15) is 15.3 Å². The average molecular weight is 1470 g/mol. The summed E-state index contributed by atoms with van der Waals surface area (Å²) in [7, 11) is 0. The van der Waals surface area contributed by atoms with Gasteiger partial charge in [-0.15, -0.1) is 15.3 Å². The van der Waals surface area contributed by atoms with Crippen molar-refractivity contribution in [3.8, 4) is 17.2 Å². The summed E-state index contributed by atoms with van der Waals surface area (Å²) >= 11 is 0. The second-order valence-corrected chi connectivity index (χ2v) is 27.9. The Balaban J connectivity index is 0.750. The fraction of sp³-hybridized carbons (Fsp3) is 0.0968. The Labute approximate surface area is 642 Å². The maximum Gasteiger partial charge on any atom is 0.150 e. The number of nitrogens with one attached hydrogen (secondary N) is 3. The predicted molar refractivity (Wildman–Crippen MR) is 447 cm³/mol. The molecule has 0 saturated heterocycles. The van der Waals surface area contributed by atoms with E-state index in [0.717, 1.165) is 132 Å². The molecule has 15 aromatic carbocycles. The van der Waals surface area contributed by atoms with Crippen LogP contribution in [0.25, 0.3) is 97.7 Å². The molecule has 3 unspecified atom stereocenters. The number of benzene rings is 15. The molecule has 0 radical (unpaired) electrons. The van der Waals surface area contributed by atoms with Crippen molar-refractivity contribution in [3.05, 3.63) is 323 Å². The molecular weight excluding hydrogens is 1400 g/mol. The number of anilines is 3. The number of phenolic OH excluding ortho intramolecular Hbond substituents is 3. The van der Waals surface area contributed by atoms with E-state index < -0.39 is 18.3 Å². The Bertz CT molecular complexity index is 6160. The van der Waals surface area contributed by atoms with E-state index in [2.05, 4.69) is 77.0 Å². The van der Waals surface area contributed by atoms with Gasteiger partial charge in [0.2, 0.25) is 0 Å². The van der Waals surface area contributed by atoms with Crippen LogP contribution in [0.1, 0.15) is 89.2 Å². The fourth-order valence-electron chi connectivity index (χ4n) is 16.3. The van der Waals surface area contributed by atoms with Crippen LogP contribution < -0.4 is 22.6 Å². The number of azo groups is 3. The number of aromatic amines is 3. The van der Waals surface area contributed by atoms with Crippen molar-refractivity contribution in [1.29, 1.82) is 0 Å². The van der Waals surface area contributed by atoms with Gasteiger partial charge in [-0.1, -0.05) is 185 Å². The van der Waals surface area contributed by atoms with Crippen LogP contribution in [-0.2, 0) is 33.8 Å². The van der Waals surface area contributed by atoms with Gasteiger partial charge in [0.15, 0.2) is 0 Å². The lowest BCUT2D eigenvalue weighted by Gasteiger charge is -2.25. The lowest BCUT2D eigenvalue weighted by atomic mass is 9.92. The van der Waals surface area contributed by atoms with E-state index in [1.54, 1.807) is 0 Å².